The van der Waals surface area contributed by atoms with Crippen LogP contribution in [0.3, 0.4) is 0 Å². The standard InChI is InChI=1S/C13H13F3N2O3/c1-3-10(19)11(12(20)21-2)18-17-9-6-4-5-8(7-9)13(14,15)16/h4-7,17H,3H2,1-2H3. The van der Waals surface area contributed by atoms with Crippen molar-refractivity contribution in [2.45, 2.75) is 19.5 Å². The average Bonchev–Trinajstić information content (AvgIpc) is 2.46. The number of anilines is 1. The maximum atomic E-state index is 12.5. The molecule has 0 unspecified atom stereocenters. The zero-order valence-electron chi connectivity index (χ0n) is 11.3. The molecule has 1 rings (SSSR count). The van der Waals surface area contributed by atoms with E-state index in [0.29, 0.717) is 0 Å². The highest BCUT2D eigenvalue weighted by Gasteiger charge is 2.30. The normalized spacial score (nSPS) is 12.0. The summed E-state index contributed by atoms with van der Waals surface area (Å²) < 4.78 is 42.0. The smallest absolute Gasteiger partial charge is 0.416 e. The van der Waals surface area contributed by atoms with E-state index in [1.165, 1.54) is 19.1 Å². The van der Waals surface area contributed by atoms with Crippen molar-refractivity contribution in [3.05, 3.63) is 29.8 Å². The molecule has 0 amide bonds. The molecule has 0 aliphatic carbocycles. The van der Waals surface area contributed by atoms with Gasteiger partial charge in [0, 0.05) is 6.42 Å². The molecule has 8 heteroatoms. The number of ether oxygens (including phenoxy) is 1. The van der Waals surface area contributed by atoms with Gasteiger partial charge in [0.1, 0.15) is 0 Å². The summed E-state index contributed by atoms with van der Waals surface area (Å²) in [7, 11) is 1.07. The van der Waals surface area contributed by atoms with Crippen LogP contribution >= 0.6 is 0 Å². The molecule has 114 valence electrons. The third kappa shape index (κ3) is 4.59. The second-order valence-electron chi connectivity index (χ2n) is 3.92. The Kier molecular flexibility index (Phi) is 5.45. The lowest BCUT2D eigenvalue weighted by atomic mass is 10.2. The second kappa shape index (κ2) is 6.87. The van der Waals surface area contributed by atoms with Gasteiger partial charge in [0.15, 0.2) is 5.78 Å². The summed E-state index contributed by atoms with van der Waals surface area (Å²) >= 11 is 0. The maximum Gasteiger partial charge on any atom is 0.416 e. The van der Waals surface area contributed by atoms with Crippen molar-refractivity contribution >= 4 is 23.2 Å². The Hall–Kier alpha value is -2.38. The predicted octanol–water partition coefficient (Wildman–Crippen LogP) is 2.63. The van der Waals surface area contributed by atoms with E-state index < -0.39 is 29.2 Å². The van der Waals surface area contributed by atoms with Gasteiger partial charge >= 0.3 is 12.1 Å². The Bertz CT molecular complexity index is 550. The number of carbonyl (C=O) groups is 2. The molecule has 1 aromatic carbocycles. The first-order valence-electron chi connectivity index (χ1n) is 5.92. The molecular formula is C13H13F3N2O3. The summed E-state index contributed by atoms with van der Waals surface area (Å²) in [5.41, 5.74) is 0.876. The molecule has 0 aliphatic heterocycles. The van der Waals surface area contributed by atoms with E-state index in [2.05, 4.69) is 15.3 Å². The second-order valence-corrected chi connectivity index (χ2v) is 3.92. The van der Waals surface area contributed by atoms with Gasteiger partial charge in [0.05, 0.1) is 18.4 Å². The van der Waals surface area contributed by atoms with E-state index in [1.807, 2.05) is 0 Å². The Morgan fingerprint density at radius 3 is 2.52 bits per heavy atom. The third-order valence-corrected chi connectivity index (χ3v) is 2.45. The van der Waals surface area contributed by atoms with Crippen molar-refractivity contribution in [2.75, 3.05) is 12.5 Å². The van der Waals surface area contributed by atoms with Crippen molar-refractivity contribution in [1.82, 2.24) is 0 Å². The van der Waals surface area contributed by atoms with Gasteiger partial charge in [-0.25, -0.2) is 4.79 Å². The molecule has 0 spiro atoms. The van der Waals surface area contributed by atoms with E-state index in [4.69, 9.17) is 0 Å². The number of nitrogens with zero attached hydrogens (tertiary/aromatic N) is 1. The molecule has 0 bridgehead atoms. The van der Waals surface area contributed by atoms with Crippen LogP contribution in [0.1, 0.15) is 18.9 Å². The molecule has 0 saturated heterocycles. The van der Waals surface area contributed by atoms with Crippen LogP contribution in [0.15, 0.2) is 29.4 Å². The third-order valence-electron chi connectivity index (χ3n) is 2.45. The number of esters is 1. The lowest BCUT2D eigenvalue weighted by Crippen LogP contribution is -2.26. The number of nitrogens with one attached hydrogen (secondary N) is 1. The highest BCUT2D eigenvalue weighted by molar-refractivity contribution is 6.64. The molecule has 0 saturated carbocycles. The Labute approximate surface area is 118 Å². The zero-order chi connectivity index (χ0) is 16.0. The molecule has 0 atom stereocenters. The predicted molar refractivity (Wildman–Crippen MR) is 69.8 cm³/mol. The van der Waals surface area contributed by atoms with E-state index >= 15 is 0 Å². The van der Waals surface area contributed by atoms with Gasteiger partial charge in [0.25, 0.3) is 0 Å². The molecule has 0 aliphatic rings. The van der Waals surface area contributed by atoms with Crippen LogP contribution in [0.25, 0.3) is 0 Å². The molecule has 0 heterocycles. The molecule has 21 heavy (non-hydrogen) atoms. The number of halogens is 3. The zero-order valence-corrected chi connectivity index (χ0v) is 11.3. The molecular weight excluding hydrogens is 289 g/mol. The van der Waals surface area contributed by atoms with Crippen LogP contribution in [-0.2, 0) is 20.5 Å². The summed E-state index contributed by atoms with van der Waals surface area (Å²) in [6, 6.07) is 4.21. The number of ketones is 1. The number of Topliss-reactive ketones (excluding diaryl/α,β-unsaturated/α-hetero) is 1. The molecule has 5 nitrogen and oxygen atoms in total. The number of carbonyl (C=O) groups excluding carboxylic acids is 2. The molecule has 0 fully saturated rings. The van der Waals surface area contributed by atoms with E-state index in [0.717, 1.165) is 19.2 Å². The fourth-order valence-corrected chi connectivity index (χ4v) is 1.37. The van der Waals surface area contributed by atoms with Crippen LogP contribution in [0.4, 0.5) is 18.9 Å². The highest BCUT2D eigenvalue weighted by atomic mass is 19.4. The lowest BCUT2D eigenvalue weighted by Gasteiger charge is -2.08. The number of alkyl halides is 3. The number of hydrogen-bond acceptors (Lipinski definition) is 5. The van der Waals surface area contributed by atoms with Crippen molar-refractivity contribution in [3.8, 4) is 0 Å². The van der Waals surface area contributed by atoms with Crippen LogP contribution in [0, 0.1) is 0 Å². The molecule has 1 N–H and O–H groups in total. The highest BCUT2D eigenvalue weighted by Crippen LogP contribution is 2.30. The number of hydrazone groups is 1. The lowest BCUT2D eigenvalue weighted by molar-refractivity contribution is -0.137. The summed E-state index contributed by atoms with van der Waals surface area (Å²) in [6.07, 6.45) is -4.48. The number of hydrogen-bond donors (Lipinski definition) is 1. The fraction of sp³-hybridized carbons (Fsp3) is 0.308. The van der Waals surface area contributed by atoms with Gasteiger partial charge in [-0.3, -0.25) is 10.2 Å². The largest absolute Gasteiger partial charge is 0.464 e. The van der Waals surface area contributed by atoms with E-state index in [1.54, 1.807) is 0 Å². The van der Waals surface area contributed by atoms with Gasteiger partial charge < -0.3 is 4.74 Å². The van der Waals surface area contributed by atoms with Crippen LogP contribution in [0.2, 0.25) is 0 Å². The molecule has 0 aromatic heterocycles. The maximum absolute atomic E-state index is 12.5. The summed E-state index contributed by atoms with van der Waals surface area (Å²) in [4.78, 5) is 22.9. The summed E-state index contributed by atoms with van der Waals surface area (Å²) in [6.45, 7) is 1.52. The van der Waals surface area contributed by atoms with Crippen molar-refractivity contribution in [2.24, 2.45) is 5.10 Å². The fourth-order valence-electron chi connectivity index (χ4n) is 1.37. The van der Waals surface area contributed by atoms with Crippen molar-refractivity contribution in [1.29, 1.82) is 0 Å². The minimum atomic E-state index is -4.49. The minimum absolute atomic E-state index is 0.00451. The number of methoxy groups -OCH3 is 1. The first-order chi connectivity index (χ1) is 9.79. The Morgan fingerprint density at radius 2 is 2.00 bits per heavy atom. The summed E-state index contributed by atoms with van der Waals surface area (Å²) in [5, 5.41) is 3.53. The van der Waals surface area contributed by atoms with Crippen LogP contribution < -0.4 is 5.43 Å². The monoisotopic (exact) mass is 302 g/mol. The molecule has 0 radical (unpaired) electrons. The van der Waals surface area contributed by atoms with E-state index in [9.17, 15) is 22.8 Å². The van der Waals surface area contributed by atoms with Gasteiger partial charge in [-0.1, -0.05) is 13.0 Å². The average molecular weight is 302 g/mol. The van der Waals surface area contributed by atoms with Gasteiger partial charge in [-0.15, -0.1) is 0 Å². The first kappa shape index (κ1) is 16.7. The quantitative estimate of drug-likeness (QED) is 0.393. The van der Waals surface area contributed by atoms with E-state index in [-0.39, 0.29) is 12.1 Å². The van der Waals surface area contributed by atoms with Gasteiger partial charge in [0.2, 0.25) is 5.71 Å². The Balaban J connectivity index is 3.01. The SMILES string of the molecule is CCC(=O)C(=NNc1cccc(C(F)(F)F)c1)C(=O)OC. The molecule has 1 aromatic rings. The number of benzene rings is 1. The van der Waals surface area contributed by atoms with Gasteiger partial charge in [-0.05, 0) is 18.2 Å². The van der Waals surface area contributed by atoms with Crippen molar-refractivity contribution in [3.63, 3.8) is 0 Å². The summed E-state index contributed by atoms with van der Waals surface area (Å²) in [5.74, 6) is -1.54. The minimum Gasteiger partial charge on any atom is -0.464 e. The topological polar surface area (TPSA) is 67.8 Å². The number of rotatable bonds is 5. The van der Waals surface area contributed by atoms with Crippen LogP contribution in [-0.4, -0.2) is 24.6 Å². The van der Waals surface area contributed by atoms with Crippen LogP contribution in [0.5, 0.6) is 0 Å². The van der Waals surface area contributed by atoms with Crippen molar-refractivity contribution < 1.29 is 27.5 Å². The van der Waals surface area contributed by atoms with Gasteiger partial charge in [-0.2, -0.15) is 18.3 Å². The first-order valence-corrected chi connectivity index (χ1v) is 5.92. The Morgan fingerprint density at radius 1 is 1.33 bits per heavy atom.